The minimum atomic E-state index is -4.00. The minimum Gasteiger partial charge on any atom is -0.315 e. The van der Waals surface area contributed by atoms with Crippen LogP contribution in [0.4, 0.5) is 8.78 Å². The van der Waals surface area contributed by atoms with E-state index < -0.39 is 32.1 Å². The molecule has 0 unspecified atom stereocenters. The molecule has 2 N–H and O–H groups in total. The molecule has 1 fully saturated rings. The van der Waals surface area contributed by atoms with Gasteiger partial charge in [0.25, 0.3) is 0 Å². The molecule has 1 aliphatic carbocycles. The number of nitrogens with one attached hydrogen (secondary N) is 2. The van der Waals surface area contributed by atoms with Crippen molar-refractivity contribution in [2.45, 2.75) is 49.6 Å². The van der Waals surface area contributed by atoms with Gasteiger partial charge in [0, 0.05) is 17.6 Å². The number of halogens is 2. The number of sulfonamides is 1. The summed E-state index contributed by atoms with van der Waals surface area (Å²) in [5, 5.41) is 2.63. The number of benzene rings is 1. The van der Waals surface area contributed by atoms with Crippen LogP contribution in [-0.2, 0) is 16.6 Å². The van der Waals surface area contributed by atoms with Gasteiger partial charge in [0.1, 0.15) is 10.7 Å². The molecule has 0 bridgehead atoms. The molecular weight excluding hydrogens is 298 g/mol. The Morgan fingerprint density at radius 1 is 1.29 bits per heavy atom. The molecule has 21 heavy (non-hydrogen) atoms. The van der Waals surface area contributed by atoms with E-state index in [9.17, 15) is 17.2 Å². The summed E-state index contributed by atoms with van der Waals surface area (Å²) in [6, 6.07) is 1.97. The highest BCUT2D eigenvalue weighted by molar-refractivity contribution is 7.89. The molecule has 0 aromatic heterocycles. The van der Waals surface area contributed by atoms with Gasteiger partial charge >= 0.3 is 0 Å². The molecule has 0 amide bonds. The maximum absolute atomic E-state index is 14.3. The van der Waals surface area contributed by atoms with Crippen molar-refractivity contribution >= 4 is 10.0 Å². The van der Waals surface area contributed by atoms with E-state index >= 15 is 0 Å². The molecule has 0 aliphatic heterocycles. The van der Waals surface area contributed by atoms with Gasteiger partial charge in [-0.3, -0.25) is 0 Å². The van der Waals surface area contributed by atoms with E-state index in [0.717, 1.165) is 31.4 Å². The van der Waals surface area contributed by atoms with Crippen LogP contribution in [0.25, 0.3) is 0 Å². The second kappa shape index (κ2) is 5.98. The predicted octanol–water partition coefficient (Wildman–Crippen LogP) is 2.30. The lowest BCUT2D eigenvalue weighted by molar-refractivity contribution is 0.213. The van der Waals surface area contributed by atoms with Crippen LogP contribution in [0.2, 0.25) is 0 Å². The Bertz CT molecular complexity index is 623. The molecule has 7 heteroatoms. The average Bonchev–Trinajstić information content (AvgIpc) is 2.38. The molecule has 4 nitrogen and oxygen atoms in total. The topological polar surface area (TPSA) is 58.2 Å². The van der Waals surface area contributed by atoms with Crippen molar-refractivity contribution in [1.82, 2.24) is 10.0 Å². The summed E-state index contributed by atoms with van der Waals surface area (Å²) >= 11 is 0. The summed E-state index contributed by atoms with van der Waals surface area (Å²) in [4.78, 5) is -0.492. The van der Waals surface area contributed by atoms with E-state index in [-0.39, 0.29) is 12.1 Å². The van der Waals surface area contributed by atoms with Gasteiger partial charge in [-0.15, -0.1) is 0 Å². The van der Waals surface area contributed by atoms with Gasteiger partial charge < -0.3 is 5.32 Å². The maximum atomic E-state index is 14.3. The summed E-state index contributed by atoms with van der Waals surface area (Å²) < 4.78 is 55.3. The van der Waals surface area contributed by atoms with Crippen molar-refractivity contribution in [1.29, 1.82) is 0 Å². The van der Waals surface area contributed by atoms with Crippen LogP contribution in [0.5, 0.6) is 0 Å². The monoisotopic (exact) mass is 318 g/mol. The van der Waals surface area contributed by atoms with Crippen molar-refractivity contribution in [3.63, 3.8) is 0 Å². The summed E-state index contributed by atoms with van der Waals surface area (Å²) in [6.07, 6.45) is 3.09. The van der Waals surface area contributed by atoms with E-state index in [0.29, 0.717) is 6.42 Å². The van der Waals surface area contributed by atoms with Gasteiger partial charge in [-0.25, -0.2) is 21.9 Å². The molecule has 0 heterocycles. The largest absolute Gasteiger partial charge is 0.315 e. The summed E-state index contributed by atoms with van der Waals surface area (Å²) in [5.41, 5.74) is -0.748. The lowest BCUT2D eigenvalue weighted by atomic mass is 9.76. The fraction of sp³-hybridized carbons (Fsp3) is 0.571. The van der Waals surface area contributed by atoms with Crippen molar-refractivity contribution in [3.8, 4) is 0 Å². The van der Waals surface area contributed by atoms with Crippen molar-refractivity contribution in [2.24, 2.45) is 0 Å². The second-order valence-electron chi connectivity index (χ2n) is 5.46. The van der Waals surface area contributed by atoms with Crippen molar-refractivity contribution < 1.29 is 17.2 Å². The molecule has 118 valence electrons. The van der Waals surface area contributed by atoms with Crippen LogP contribution in [-0.4, -0.2) is 21.0 Å². The SMILES string of the molecule is CCC1(NS(=O)(=O)c2ccc(F)c(CNC)c2F)CCC1. The van der Waals surface area contributed by atoms with E-state index in [1.54, 1.807) is 7.05 Å². The Kier molecular flexibility index (Phi) is 4.65. The normalized spacial score (nSPS) is 17.5. The van der Waals surface area contributed by atoms with Crippen LogP contribution < -0.4 is 10.0 Å². The van der Waals surface area contributed by atoms with E-state index in [1.165, 1.54) is 0 Å². The minimum absolute atomic E-state index is 0.0695. The van der Waals surface area contributed by atoms with Crippen LogP contribution in [0.3, 0.4) is 0 Å². The van der Waals surface area contributed by atoms with Crippen molar-refractivity contribution in [2.75, 3.05) is 7.05 Å². The zero-order valence-corrected chi connectivity index (χ0v) is 13.0. The van der Waals surface area contributed by atoms with Crippen LogP contribution in [0.15, 0.2) is 17.0 Å². The third-order valence-electron chi connectivity index (χ3n) is 4.13. The number of rotatable bonds is 6. The molecular formula is C14H20F2N2O2S. The lowest BCUT2D eigenvalue weighted by Gasteiger charge is -2.41. The number of hydrogen-bond donors (Lipinski definition) is 2. The maximum Gasteiger partial charge on any atom is 0.244 e. The Labute approximate surface area is 124 Å². The molecule has 1 aliphatic rings. The Morgan fingerprint density at radius 2 is 1.95 bits per heavy atom. The molecule has 0 radical (unpaired) electrons. The van der Waals surface area contributed by atoms with Gasteiger partial charge in [-0.05, 0) is 44.9 Å². The Morgan fingerprint density at radius 3 is 2.43 bits per heavy atom. The zero-order valence-electron chi connectivity index (χ0n) is 12.2. The zero-order chi connectivity index (χ0) is 15.7. The fourth-order valence-electron chi connectivity index (χ4n) is 2.59. The molecule has 0 spiro atoms. The highest BCUT2D eigenvalue weighted by Crippen LogP contribution is 2.36. The van der Waals surface area contributed by atoms with Crippen molar-refractivity contribution in [3.05, 3.63) is 29.3 Å². The summed E-state index contributed by atoms with van der Waals surface area (Å²) in [6.45, 7) is 1.83. The summed E-state index contributed by atoms with van der Waals surface area (Å²) in [5.74, 6) is -1.78. The first kappa shape index (κ1) is 16.3. The van der Waals surface area contributed by atoms with E-state index in [4.69, 9.17) is 0 Å². The Hall–Kier alpha value is -1.05. The van der Waals surface area contributed by atoms with E-state index in [2.05, 4.69) is 10.0 Å². The van der Waals surface area contributed by atoms with Crippen LogP contribution >= 0.6 is 0 Å². The standard InChI is InChI=1S/C14H20F2N2O2S/c1-3-14(7-4-8-14)18-21(19,20)12-6-5-11(15)10(9-17-2)13(12)16/h5-6,17-18H,3-4,7-9H2,1-2H3. The van der Waals surface area contributed by atoms with Crippen LogP contribution in [0.1, 0.15) is 38.2 Å². The third-order valence-corrected chi connectivity index (χ3v) is 5.73. The highest BCUT2D eigenvalue weighted by Gasteiger charge is 2.40. The van der Waals surface area contributed by atoms with Crippen LogP contribution in [0, 0.1) is 11.6 Å². The highest BCUT2D eigenvalue weighted by atomic mass is 32.2. The fourth-order valence-corrected chi connectivity index (χ4v) is 4.23. The Balaban J connectivity index is 2.38. The predicted molar refractivity (Wildman–Crippen MR) is 76.3 cm³/mol. The third kappa shape index (κ3) is 3.09. The quantitative estimate of drug-likeness (QED) is 0.846. The molecule has 2 rings (SSSR count). The van der Waals surface area contributed by atoms with Gasteiger partial charge in [-0.2, -0.15) is 0 Å². The van der Waals surface area contributed by atoms with Gasteiger partial charge in [-0.1, -0.05) is 6.92 Å². The van der Waals surface area contributed by atoms with Gasteiger partial charge in [0.15, 0.2) is 5.82 Å². The first-order chi connectivity index (χ1) is 9.85. The van der Waals surface area contributed by atoms with E-state index in [1.807, 2.05) is 6.92 Å². The molecule has 0 saturated heterocycles. The molecule has 1 saturated carbocycles. The lowest BCUT2D eigenvalue weighted by Crippen LogP contribution is -2.52. The molecule has 0 atom stereocenters. The average molecular weight is 318 g/mol. The molecule has 1 aromatic carbocycles. The number of hydrogen-bond acceptors (Lipinski definition) is 3. The van der Waals surface area contributed by atoms with Gasteiger partial charge in [0.2, 0.25) is 10.0 Å². The second-order valence-corrected chi connectivity index (χ2v) is 7.11. The first-order valence-electron chi connectivity index (χ1n) is 7.01. The first-order valence-corrected chi connectivity index (χ1v) is 8.49. The molecule has 1 aromatic rings. The smallest absolute Gasteiger partial charge is 0.244 e. The summed E-state index contributed by atoms with van der Waals surface area (Å²) in [7, 11) is -2.46. The van der Waals surface area contributed by atoms with Gasteiger partial charge in [0.05, 0.1) is 0 Å².